The van der Waals surface area contributed by atoms with Gasteiger partial charge in [-0.3, -0.25) is 0 Å². The Hall–Kier alpha value is -0.690. The average Bonchev–Trinajstić information content (AvgIpc) is 2.33. The second-order valence-corrected chi connectivity index (χ2v) is 2.19. The van der Waals surface area contributed by atoms with Crippen LogP contribution < -0.4 is 0 Å². The summed E-state index contributed by atoms with van der Waals surface area (Å²) >= 11 is 0. The van der Waals surface area contributed by atoms with E-state index in [-0.39, 0.29) is 6.61 Å². The zero-order valence-electron chi connectivity index (χ0n) is 5.26. The van der Waals surface area contributed by atoms with Gasteiger partial charge in [0.25, 0.3) is 6.43 Å². The molecule has 10 heavy (non-hydrogen) atoms. The highest BCUT2D eigenvalue weighted by Gasteiger charge is 2.35. The quantitative estimate of drug-likeness (QED) is 0.558. The Morgan fingerprint density at radius 1 is 1.60 bits per heavy atom. The Kier molecular flexibility index (Phi) is 2.17. The fourth-order valence-electron chi connectivity index (χ4n) is 0.998. The second-order valence-electron chi connectivity index (χ2n) is 2.19. The van der Waals surface area contributed by atoms with E-state index < -0.39 is 18.4 Å². The molecule has 0 N–H and O–H groups in total. The van der Waals surface area contributed by atoms with Crippen LogP contribution in [0.5, 0.6) is 0 Å². The summed E-state index contributed by atoms with van der Waals surface area (Å²) in [6.07, 6.45) is -3.23. The van der Waals surface area contributed by atoms with Crippen LogP contribution >= 0.6 is 0 Å². The SMILES string of the molecule is N#C[C@@H]1CCO[C@H]1C(F)F. The van der Waals surface area contributed by atoms with Crippen LogP contribution in [0.15, 0.2) is 0 Å². The Morgan fingerprint density at radius 3 is 2.70 bits per heavy atom. The van der Waals surface area contributed by atoms with Crippen molar-refractivity contribution in [2.45, 2.75) is 19.0 Å². The lowest BCUT2D eigenvalue weighted by Gasteiger charge is -2.09. The molecule has 4 heteroatoms. The van der Waals surface area contributed by atoms with E-state index in [1.807, 2.05) is 0 Å². The number of rotatable bonds is 1. The van der Waals surface area contributed by atoms with Crippen molar-refractivity contribution in [2.75, 3.05) is 6.61 Å². The van der Waals surface area contributed by atoms with Gasteiger partial charge >= 0.3 is 0 Å². The maximum absolute atomic E-state index is 11.9. The van der Waals surface area contributed by atoms with Gasteiger partial charge in [-0.2, -0.15) is 5.26 Å². The van der Waals surface area contributed by atoms with Crippen molar-refractivity contribution >= 4 is 0 Å². The van der Waals surface area contributed by atoms with Crippen molar-refractivity contribution in [2.24, 2.45) is 5.92 Å². The average molecular weight is 147 g/mol. The molecular weight excluding hydrogens is 140 g/mol. The maximum Gasteiger partial charge on any atom is 0.265 e. The number of hydrogen-bond donors (Lipinski definition) is 0. The van der Waals surface area contributed by atoms with E-state index in [2.05, 4.69) is 4.74 Å². The molecule has 2 nitrogen and oxygen atoms in total. The van der Waals surface area contributed by atoms with E-state index in [9.17, 15) is 8.78 Å². The topological polar surface area (TPSA) is 33.0 Å². The fourth-order valence-corrected chi connectivity index (χ4v) is 0.998. The van der Waals surface area contributed by atoms with E-state index in [0.29, 0.717) is 6.42 Å². The first-order chi connectivity index (χ1) is 4.75. The zero-order chi connectivity index (χ0) is 7.56. The van der Waals surface area contributed by atoms with Crippen molar-refractivity contribution in [3.05, 3.63) is 0 Å². The number of halogens is 2. The van der Waals surface area contributed by atoms with Gasteiger partial charge in [-0.15, -0.1) is 0 Å². The van der Waals surface area contributed by atoms with E-state index in [0.717, 1.165) is 0 Å². The Labute approximate surface area is 57.4 Å². The van der Waals surface area contributed by atoms with Crippen LogP contribution in [-0.2, 0) is 4.74 Å². The van der Waals surface area contributed by atoms with Gasteiger partial charge in [-0.1, -0.05) is 0 Å². The molecule has 1 rings (SSSR count). The van der Waals surface area contributed by atoms with Crippen LogP contribution in [0.4, 0.5) is 8.78 Å². The fraction of sp³-hybridized carbons (Fsp3) is 0.833. The van der Waals surface area contributed by atoms with E-state index >= 15 is 0 Å². The molecule has 0 saturated carbocycles. The van der Waals surface area contributed by atoms with Crippen LogP contribution in [0, 0.1) is 17.2 Å². The molecule has 56 valence electrons. The lowest BCUT2D eigenvalue weighted by Crippen LogP contribution is -2.23. The lowest BCUT2D eigenvalue weighted by atomic mass is 10.0. The van der Waals surface area contributed by atoms with Crippen LogP contribution in [-0.4, -0.2) is 19.1 Å². The largest absolute Gasteiger partial charge is 0.371 e. The molecule has 1 saturated heterocycles. The third-order valence-electron chi connectivity index (χ3n) is 1.55. The van der Waals surface area contributed by atoms with E-state index in [1.165, 1.54) is 0 Å². The molecule has 2 atom stereocenters. The molecule has 1 aliphatic heterocycles. The van der Waals surface area contributed by atoms with E-state index in [4.69, 9.17) is 5.26 Å². The zero-order valence-corrected chi connectivity index (χ0v) is 5.26. The van der Waals surface area contributed by atoms with Crippen LogP contribution in [0.1, 0.15) is 6.42 Å². The summed E-state index contributed by atoms with van der Waals surface area (Å²) in [5.41, 5.74) is 0. The molecule has 1 aliphatic rings. The van der Waals surface area contributed by atoms with Gasteiger partial charge in [0, 0.05) is 6.61 Å². The minimum absolute atomic E-state index is 0.285. The third-order valence-corrected chi connectivity index (χ3v) is 1.55. The van der Waals surface area contributed by atoms with Crippen molar-refractivity contribution in [1.82, 2.24) is 0 Å². The molecular formula is C6H7F2NO. The monoisotopic (exact) mass is 147 g/mol. The molecule has 0 bridgehead atoms. The molecule has 0 unspecified atom stereocenters. The number of nitriles is 1. The normalized spacial score (nSPS) is 32.6. The van der Waals surface area contributed by atoms with Crippen molar-refractivity contribution < 1.29 is 13.5 Å². The minimum atomic E-state index is -2.52. The summed E-state index contributed by atoms with van der Waals surface area (Å²) < 4.78 is 28.4. The lowest BCUT2D eigenvalue weighted by molar-refractivity contribution is -0.0317. The van der Waals surface area contributed by atoms with Gasteiger partial charge in [0.1, 0.15) is 6.10 Å². The highest BCUT2D eigenvalue weighted by Crippen LogP contribution is 2.24. The third kappa shape index (κ3) is 1.24. The molecule has 0 spiro atoms. The van der Waals surface area contributed by atoms with Crippen LogP contribution in [0.25, 0.3) is 0 Å². The Balaban J connectivity index is 2.52. The summed E-state index contributed by atoms with van der Waals surface area (Å²) in [5, 5.41) is 8.32. The summed E-state index contributed by atoms with van der Waals surface area (Å²) in [4.78, 5) is 0. The molecule has 0 aromatic heterocycles. The molecule has 0 aromatic rings. The predicted molar refractivity (Wildman–Crippen MR) is 29.5 cm³/mol. The van der Waals surface area contributed by atoms with Crippen LogP contribution in [0.3, 0.4) is 0 Å². The smallest absolute Gasteiger partial charge is 0.265 e. The number of ether oxygens (including phenoxy) is 1. The molecule has 0 radical (unpaired) electrons. The minimum Gasteiger partial charge on any atom is -0.371 e. The first-order valence-corrected chi connectivity index (χ1v) is 3.05. The molecule has 1 heterocycles. The van der Waals surface area contributed by atoms with Gasteiger partial charge in [0.05, 0.1) is 12.0 Å². The first kappa shape index (κ1) is 7.42. The predicted octanol–water partition coefficient (Wildman–Crippen LogP) is 1.18. The summed E-state index contributed by atoms with van der Waals surface area (Å²) in [5.74, 6) is -0.611. The highest BCUT2D eigenvalue weighted by atomic mass is 19.3. The van der Waals surface area contributed by atoms with Gasteiger partial charge < -0.3 is 4.74 Å². The van der Waals surface area contributed by atoms with Gasteiger partial charge in [0.15, 0.2) is 0 Å². The van der Waals surface area contributed by atoms with Gasteiger partial charge in [-0.25, -0.2) is 8.78 Å². The molecule has 0 amide bonds. The summed E-state index contributed by atoms with van der Waals surface area (Å²) in [6.45, 7) is 0.285. The standard InChI is InChI=1S/C6H7F2NO/c7-6(8)5-4(3-9)1-2-10-5/h4-6H,1-2H2/t4-,5+/m0/s1. The highest BCUT2D eigenvalue weighted by molar-refractivity contribution is 4.93. The molecule has 0 aromatic carbocycles. The van der Waals surface area contributed by atoms with Crippen molar-refractivity contribution in [1.29, 1.82) is 5.26 Å². The maximum atomic E-state index is 11.9. The molecule has 1 fully saturated rings. The number of hydrogen-bond acceptors (Lipinski definition) is 2. The van der Waals surface area contributed by atoms with Crippen molar-refractivity contribution in [3.8, 4) is 6.07 Å². The molecule has 0 aliphatic carbocycles. The van der Waals surface area contributed by atoms with Crippen LogP contribution in [0.2, 0.25) is 0 Å². The number of alkyl halides is 2. The first-order valence-electron chi connectivity index (χ1n) is 3.05. The Bertz CT molecular complexity index is 154. The number of nitrogens with zero attached hydrogens (tertiary/aromatic N) is 1. The Morgan fingerprint density at radius 2 is 2.30 bits per heavy atom. The summed E-state index contributed by atoms with van der Waals surface area (Å²) in [6, 6.07) is 1.79. The van der Waals surface area contributed by atoms with E-state index in [1.54, 1.807) is 6.07 Å². The van der Waals surface area contributed by atoms with Gasteiger partial charge in [0.2, 0.25) is 0 Å². The second kappa shape index (κ2) is 2.93. The van der Waals surface area contributed by atoms with Crippen molar-refractivity contribution in [3.63, 3.8) is 0 Å². The van der Waals surface area contributed by atoms with Gasteiger partial charge in [-0.05, 0) is 6.42 Å². The summed E-state index contributed by atoms with van der Waals surface area (Å²) in [7, 11) is 0.